The molecule has 0 bridgehead atoms. The topological polar surface area (TPSA) is 69.7 Å². The molecule has 6 heteroatoms. The Bertz CT molecular complexity index is 572. The predicted molar refractivity (Wildman–Crippen MR) is 69.7 cm³/mol. The van der Waals surface area contributed by atoms with Crippen LogP contribution in [0.25, 0.3) is 0 Å². The highest BCUT2D eigenvalue weighted by molar-refractivity contribution is 7.86. The van der Waals surface area contributed by atoms with E-state index in [0.29, 0.717) is 0 Å². The van der Waals surface area contributed by atoms with Crippen LogP contribution in [0.1, 0.15) is 5.56 Å². The van der Waals surface area contributed by atoms with Gasteiger partial charge in [0.05, 0.1) is 4.90 Å². The van der Waals surface area contributed by atoms with E-state index in [0.717, 1.165) is 17.7 Å². The van der Waals surface area contributed by atoms with Crippen molar-refractivity contribution in [2.45, 2.75) is 18.1 Å². The maximum absolute atomic E-state index is 11.9. The third-order valence-electron chi connectivity index (χ3n) is 2.12. The molecule has 0 saturated carbocycles. The standard InChI is InChI=1S/C13H14O5S/c1-4-12(14)17-13(5-2)18-19(15,16)11-8-6-10(3)7-9-11/h4-9,13H,1-2H2,3H3. The maximum Gasteiger partial charge on any atom is 0.332 e. The molecule has 0 heterocycles. The Balaban J connectivity index is 2.88. The van der Waals surface area contributed by atoms with Gasteiger partial charge >= 0.3 is 16.1 Å². The largest absolute Gasteiger partial charge is 0.428 e. The van der Waals surface area contributed by atoms with Crippen molar-refractivity contribution >= 4 is 16.1 Å². The fourth-order valence-corrected chi connectivity index (χ4v) is 2.10. The van der Waals surface area contributed by atoms with Gasteiger partial charge in [0, 0.05) is 6.08 Å². The van der Waals surface area contributed by atoms with E-state index in [1.807, 2.05) is 6.92 Å². The summed E-state index contributed by atoms with van der Waals surface area (Å²) in [5, 5.41) is 0. The van der Waals surface area contributed by atoms with Gasteiger partial charge in [-0.05, 0) is 25.1 Å². The van der Waals surface area contributed by atoms with Gasteiger partial charge in [0.1, 0.15) is 0 Å². The second kappa shape index (κ2) is 6.31. The van der Waals surface area contributed by atoms with Crippen LogP contribution >= 0.6 is 0 Å². The molecule has 1 aromatic rings. The van der Waals surface area contributed by atoms with Crippen LogP contribution in [0.15, 0.2) is 54.5 Å². The first-order valence-electron chi connectivity index (χ1n) is 5.34. The molecule has 0 aliphatic carbocycles. The van der Waals surface area contributed by atoms with Gasteiger partial charge in [-0.25, -0.2) is 8.98 Å². The van der Waals surface area contributed by atoms with E-state index < -0.39 is 22.4 Å². The molecule has 0 amide bonds. The normalized spacial score (nSPS) is 12.5. The van der Waals surface area contributed by atoms with Crippen LogP contribution in [-0.4, -0.2) is 20.7 Å². The summed E-state index contributed by atoms with van der Waals surface area (Å²) >= 11 is 0. The molecule has 0 aliphatic heterocycles. The van der Waals surface area contributed by atoms with E-state index >= 15 is 0 Å². The Labute approximate surface area is 112 Å². The molecule has 1 atom stereocenters. The molecule has 0 N–H and O–H groups in total. The number of aryl methyl sites for hydroxylation is 1. The molecule has 0 aromatic heterocycles. The predicted octanol–water partition coefficient (Wildman–Crippen LogP) is 1.94. The van der Waals surface area contributed by atoms with E-state index in [4.69, 9.17) is 4.18 Å². The number of esters is 1. The monoisotopic (exact) mass is 282 g/mol. The summed E-state index contributed by atoms with van der Waals surface area (Å²) in [7, 11) is -4.02. The van der Waals surface area contributed by atoms with Gasteiger partial charge in [0.2, 0.25) is 6.29 Å². The average molecular weight is 282 g/mol. The minimum absolute atomic E-state index is 0.0281. The zero-order valence-corrected chi connectivity index (χ0v) is 11.2. The number of benzene rings is 1. The summed E-state index contributed by atoms with van der Waals surface area (Å²) in [5.74, 6) is -0.802. The second-order valence-electron chi connectivity index (χ2n) is 3.61. The van der Waals surface area contributed by atoms with Crippen LogP contribution in [0.5, 0.6) is 0 Å². The quantitative estimate of drug-likeness (QED) is 0.262. The van der Waals surface area contributed by atoms with Gasteiger partial charge < -0.3 is 4.74 Å². The van der Waals surface area contributed by atoms with Gasteiger partial charge in [0.15, 0.2) is 0 Å². The Morgan fingerprint density at radius 3 is 2.32 bits per heavy atom. The number of rotatable bonds is 6. The fraction of sp³-hybridized carbons (Fsp3) is 0.154. The molecular weight excluding hydrogens is 268 g/mol. The Morgan fingerprint density at radius 2 is 1.84 bits per heavy atom. The molecule has 0 spiro atoms. The minimum atomic E-state index is -4.02. The Hall–Kier alpha value is -1.92. The Morgan fingerprint density at radius 1 is 1.26 bits per heavy atom. The average Bonchev–Trinajstić information content (AvgIpc) is 2.38. The summed E-state index contributed by atoms with van der Waals surface area (Å²) in [6, 6.07) is 6.07. The van der Waals surface area contributed by atoms with Crippen LogP contribution in [0.3, 0.4) is 0 Å². The second-order valence-corrected chi connectivity index (χ2v) is 5.18. The summed E-state index contributed by atoms with van der Waals surface area (Å²) < 4.78 is 33.2. The number of hydrogen-bond donors (Lipinski definition) is 0. The summed E-state index contributed by atoms with van der Waals surface area (Å²) in [5.41, 5.74) is 0.914. The van der Waals surface area contributed by atoms with E-state index in [1.54, 1.807) is 12.1 Å². The van der Waals surface area contributed by atoms with Gasteiger partial charge in [-0.3, -0.25) is 0 Å². The minimum Gasteiger partial charge on any atom is -0.428 e. The lowest BCUT2D eigenvalue weighted by atomic mass is 10.2. The molecule has 1 unspecified atom stereocenters. The zero-order chi connectivity index (χ0) is 14.5. The van der Waals surface area contributed by atoms with Crippen LogP contribution in [0.2, 0.25) is 0 Å². The van der Waals surface area contributed by atoms with Crippen molar-refractivity contribution in [1.29, 1.82) is 0 Å². The molecule has 19 heavy (non-hydrogen) atoms. The van der Waals surface area contributed by atoms with E-state index in [2.05, 4.69) is 17.9 Å². The van der Waals surface area contributed by atoms with Crippen molar-refractivity contribution < 1.29 is 22.1 Å². The first-order chi connectivity index (χ1) is 8.89. The van der Waals surface area contributed by atoms with E-state index in [1.165, 1.54) is 12.1 Å². The lowest BCUT2D eigenvalue weighted by Crippen LogP contribution is -2.22. The van der Waals surface area contributed by atoms with Crippen molar-refractivity contribution in [1.82, 2.24) is 0 Å². The molecule has 0 aliphatic rings. The number of carbonyl (C=O) groups is 1. The van der Waals surface area contributed by atoms with E-state index in [9.17, 15) is 13.2 Å². The van der Waals surface area contributed by atoms with Crippen LogP contribution < -0.4 is 0 Å². The van der Waals surface area contributed by atoms with Gasteiger partial charge in [-0.1, -0.05) is 30.9 Å². The molecule has 0 fully saturated rings. The lowest BCUT2D eigenvalue weighted by molar-refractivity contribution is -0.151. The summed E-state index contributed by atoms with van der Waals surface area (Å²) in [6.45, 7) is 8.37. The molecule has 0 radical (unpaired) electrons. The molecule has 0 saturated heterocycles. The zero-order valence-electron chi connectivity index (χ0n) is 10.4. The molecule has 5 nitrogen and oxygen atoms in total. The summed E-state index contributed by atoms with van der Waals surface area (Å²) in [4.78, 5) is 11.0. The van der Waals surface area contributed by atoms with Gasteiger partial charge in [-0.2, -0.15) is 8.42 Å². The molecular formula is C13H14O5S. The highest BCUT2D eigenvalue weighted by atomic mass is 32.2. The van der Waals surface area contributed by atoms with Crippen molar-refractivity contribution in [2.75, 3.05) is 0 Å². The van der Waals surface area contributed by atoms with Gasteiger partial charge in [-0.15, -0.1) is 0 Å². The molecule has 1 aromatic carbocycles. The van der Waals surface area contributed by atoms with Crippen molar-refractivity contribution in [2.24, 2.45) is 0 Å². The van der Waals surface area contributed by atoms with Crippen molar-refractivity contribution in [3.05, 3.63) is 55.1 Å². The lowest BCUT2D eigenvalue weighted by Gasteiger charge is -2.13. The SMILES string of the molecule is C=CC(=O)OC(C=C)OS(=O)(=O)c1ccc(C)cc1. The number of ether oxygens (including phenoxy) is 1. The third kappa shape index (κ3) is 4.35. The highest BCUT2D eigenvalue weighted by Crippen LogP contribution is 2.16. The molecule has 1 rings (SSSR count). The Kier molecular flexibility index (Phi) is 5.02. The van der Waals surface area contributed by atoms with Crippen LogP contribution in [-0.2, 0) is 23.8 Å². The fourth-order valence-electron chi connectivity index (χ4n) is 1.15. The third-order valence-corrected chi connectivity index (χ3v) is 3.42. The number of carbonyl (C=O) groups excluding carboxylic acids is 1. The van der Waals surface area contributed by atoms with Crippen molar-refractivity contribution in [3.63, 3.8) is 0 Å². The van der Waals surface area contributed by atoms with E-state index in [-0.39, 0.29) is 4.90 Å². The highest BCUT2D eigenvalue weighted by Gasteiger charge is 2.21. The first-order valence-corrected chi connectivity index (χ1v) is 6.75. The summed E-state index contributed by atoms with van der Waals surface area (Å²) in [6.07, 6.45) is 0.572. The van der Waals surface area contributed by atoms with Crippen LogP contribution in [0, 0.1) is 6.92 Å². The molecule has 102 valence electrons. The van der Waals surface area contributed by atoms with Gasteiger partial charge in [0.25, 0.3) is 0 Å². The smallest absolute Gasteiger partial charge is 0.332 e. The maximum atomic E-state index is 11.9. The first kappa shape index (κ1) is 15.1. The number of hydrogen-bond acceptors (Lipinski definition) is 5. The van der Waals surface area contributed by atoms with Crippen LogP contribution in [0.4, 0.5) is 0 Å². The van der Waals surface area contributed by atoms with Crippen molar-refractivity contribution in [3.8, 4) is 0 Å².